The van der Waals surface area contributed by atoms with E-state index in [0.29, 0.717) is 17.9 Å². The number of unbranched alkanes of at least 4 members (excludes halogenated alkanes) is 6. The summed E-state index contributed by atoms with van der Waals surface area (Å²) in [6.45, 7) is 4.75. The molecule has 1 aliphatic rings. The number of ether oxygens (including phenoxy) is 2. The van der Waals surface area contributed by atoms with Gasteiger partial charge in [-0.15, -0.1) is 0 Å². The van der Waals surface area contributed by atoms with E-state index in [0.717, 1.165) is 50.9 Å². The Morgan fingerprint density at radius 3 is 2.21 bits per heavy atom. The third-order valence-electron chi connectivity index (χ3n) is 7.36. The fraction of sp³-hybridized carbons (Fsp3) is 0.545. The van der Waals surface area contributed by atoms with Gasteiger partial charge in [0.05, 0.1) is 18.1 Å². The first kappa shape index (κ1) is 29.7. The molecular weight excluding hydrogens is 482 g/mol. The second-order valence-corrected chi connectivity index (χ2v) is 10.4. The van der Waals surface area contributed by atoms with E-state index in [1.165, 1.54) is 50.7 Å². The van der Waals surface area contributed by atoms with Gasteiger partial charge >= 0.3 is 5.97 Å². The number of carbonyl (C=O) groups is 1. The fourth-order valence-electron chi connectivity index (χ4n) is 4.93. The molecule has 0 heterocycles. The molecule has 1 saturated carbocycles. The van der Waals surface area contributed by atoms with Crippen molar-refractivity contribution in [3.63, 3.8) is 0 Å². The Morgan fingerprint density at radius 2 is 1.50 bits per heavy atom. The molecule has 0 amide bonds. The smallest absolute Gasteiger partial charge is 0.314 e. The number of carbonyl (C=O) groups excluding carboxylic acids is 1. The standard InChI is InChI=1S/C33H42F2O3/c1-3-5-7-8-9-10-24-37-30-23-20-27(31(34)32(30)35)17-12-26-15-21-29(22-16-26)38-33(36)28-18-13-25(14-19-28)11-6-4-2/h15-16,20-23,25,28H,3-11,13-14,18-19,24H2,1-2H3. The van der Waals surface area contributed by atoms with Gasteiger partial charge in [-0.2, -0.15) is 4.39 Å². The second-order valence-electron chi connectivity index (χ2n) is 10.4. The summed E-state index contributed by atoms with van der Waals surface area (Å²) in [5.74, 6) is 4.45. The molecule has 3 rings (SSSR count). The van der Waals surface area contributed by atoms with E-state index < -0.39 is 11.6 Å². The summed E-state index contributed by atoms with van der Waals surface area (Å²) in [4.78, 5) is 12.6. The Kier molecular flexibility index (Phi) is 12.6. The van der Waals surface area contributed by atoms with Crippen molar-refractivity contribution in [2.24, 2.45) is 11.8 Å². The molecule has 38 heavy (non-hydrogen) atoms. The molecule has 0 N–H and O–H groups in total. The molecule has 1 aliphatic carbocycles. The SMILES string of the molecule is CCCCCCCCOc1ccc(C#Cc2ccc(OC(=O)C3CCC(CCCC)CC3)cc2)c(F)c1F. The maximum atomic E-state index is 14.5. The van der Waals surface area contributed by atoms with Crippen molar-refractivity contribution < 1.29 is 23.0 Å². The van der Waals surface area contributed by atoms with Gasteiger partial charge in [0.1, 0.15) is 5.75 Å². The van der Waals surface area contributed by atoms with Gasteiger partial charge in [0, 0.05) is 5.56 Å². The summed E-state index contributed by atoms with van der Waals surface area (Å²) in [5.41, 5.74) is 0.587. The van der Waals surface area contributed by atoms with Gasteiger partial charge in [-0.25, -0.2) is 4.39 Å². The van der Waals surface area contributed by atoms with Crippen LogP contribution in [0.5, 0.6) is 11.5 Å². The minimum absolute atomic E-state index is 0.0283. The average molecular weight is 525 g/mol. The zero-order valence-corrected chi connectivity index (χ0v) is 23.0. The second kappa shape index (κ2) is 16.2. The summed E-state index contributed by atoms with van der Waals surface area (Å²) < 4.78 is 40.0. The summed E-state index contributed by atoms with van der Waals surface area (Å²) in [6, 6.07) is 9.66. The molecular formula is C33H42F2O3. The van der Waals surface area contributed by atoms with Crippen LogP contribution in [0.2, 0.25) is 0 Å². The molecule has 206 valence electrons. The summed E-state index contributed by atoms with van der Waals surface area (Å²) in [5, 5.41) is 0. The van der Waals surface area contributed by atoms with Crippen molar-refractivity contribution in [2.45, 2.75) is 97.3 Å². The molecule has 0 saturated heterocycles. The number of hydrogen-bond donors (Lipinski definition) is 0. The van der Waals surface area contributed by atoms with Crippen LogP contribution in [-0.2, 0) is 4.79 Å². The number of hydrogen-bond acceptors (Lipinski definition) is 3. The molecule has 0 unspecified atom stereocenters. The third-order valence-corrected chi connectivity index (χ3v) is 7.36. The highest BCUT2D eigenvalue weighted by atomic mass is 19.2. The van der Waals surface area contributed by atoms with Crippen LogP contribution in [-0.4, -0.2) is 12.6 Å². The van der Waals surface area contributed by atoms with Gasteiger partial charge in [-0.05, 0) is 74.4 Å². The number of halogens is 2. The summed E-state index contributed by atoms with van der Waals surface area (Å²) in [7, 11) is 0. The normalized spacial score (nSPS) is 16.9. The van der Waals surface area contributed by atoms with Crippen molar-refractivity contribution >= 4 is 5.97 Å². The molecule has 1 fully saturated rings. The zero-order valence-electron chi connectivity index (χ0n) is 23.0. The van der Waals surface area contributed by atoms with E-state index in [4.69, 9.17) is 9.47 Å². The van der Waals surface area contributed by atoms with Crippen LogP contribution in [0, 0.1) is 35.3 Å². The molecule has 0 spiro atoms. The molecule has 5 heteroatoms. The van der Waals surface area contributed by atoms with E-state index in [2.05, 4.69) is 25.7 Å². The fourth-order valence-corrected chi connectivity index (χ4v) is 4.93. The van der Waals surface area contributed by atoms with E-state index in [1.54, 1.807) is 24.3 Å². The topological polar surface area (TPSA) is 35.5 Å². The van der Waals surface area contributed by atoms with Crippen LogP contribution in [0.15, 0.2) is 36.4 Å². The molecule has 2 aromatic rings. The lowest BCUT2D eigenvalue weighted by Crippen LogP contribution is -2.25. The highest BCUT2D eigenvalue weighted by Gasteiger charge is 2.27. The number of rotatable bonds is 13. The van der Waals surface area contributed by atoms with Crippen molar-refractivity contribution in [3.8, 4) is 23.3 Å². The molecule has 0 aliphatic heterocycles. The number of esters is 1. The molecule has 0 atom stereocenters. The first-order valence-corrected chi connectivity index (χ1v) is 14.5. The van der Waals surface area contributed by atoms with Gasteiger partial charge in [-0.1, -0.05) is 77.1 Å². The Bertz CT molecular complexity index is 1060. The Balaban J connectivity index is 1.48. The number of benzene rings is 2. The minimum atomic E-state index is -1.01. The maximum Gasteiger partial charge on any atom is 0.314 e. The summed E-state index contributed by atoms with van der Waals surface area (Å²) in [6.07, 6.45) is 14.3. The van der Waals surface area contributed by atoms with Crippen molar-refractivity contribution in [1.29, 1.82) is 0 Å². The van der Waals surface area contributed by atoms with Gasteiger partial charge in [0.25, 0.3) is 0 Å². The molecule has 0 bridgehead atoms. The Labute approximate surface area is 227 Å². The minimum Gasteiger partial charge on any atom is -0.490 e. The van der Waals surface area contributed by atoms with E-state index >= 15 is 0 Å². The molecule has 3 nitrogen and oxygen atoms in total. The quantitative estimate of drug-likeness (QED) is 0.113. The molecule has 2 aromatic carbocycles. The van der Waals surface area contributed by atoms with Crippen molar-refractivity contribution in [2.75, 3.05) is 6.61 Å². The highest BCUT2D eigenvalue weighted by molar-refractivity contribution is 5.75. The lowest BCUT2D eigenvalue weighted by atomic mass is 9.80. The van der Waals surface area contributed by atoms with Crippen LogP contribution in [0.3, 0.4) is 0 Å². The van der Waals surface area contributed by atoms with Gasteiger partial charge in [-0.3, -0.25) is 4.79 Å². The van der Waals surface area contributed by atoms with Crippen molar-refractivity contribution in [3.05, 3.63) is 59.2 Å². The van der Waals surface area contributed by atoms with Crippen LogP contribution in [0.4, 0.5) is 8.78 Å². The monoisotopic (exact) mass is 524 g/mol. The van der Waals surface area contributed by atoms with Crippen LogP contribution < -0.4 is 9.47 Å². The van der Waals surface area contributed by atoms with Crippen molar-refractivity contribution in [1.82, 2.24) is 0 Å². The maximum absolute atomic E-state index is 14.5. The summed E-state index contributed by atoms with van der Waals surface area (Å²) >= 11 is 0. The highest BCUT2D eigenvalue weighted by Crippen LogP contribution is 2.33. The van der Waals surface area contributed by atoms with E-state index in [1.807, 2.05) is 0 Å². The van der Waals surface area contributed by atoms with Gasteiger partial charge < -0.3 is 9.47 Å². The Morgan fingerprint density at radius 1 is 0.816 bits per heavy atom. The van der Waals surface area contributed by atoms with Gasteiger partial charge in [0.2, 0.25) is 5.82 Å². The van der Waals surface area contributed by atoms with E-state index in [-0.39, 0.29) is 23.2 Å². The Hall–Kier alpha value is -2.87. The van der Waals surface area contributed by atoms with Crippen LogP contribution >= 0.6 is 0 Å². The average Bonchev–Trinajstić information content (AvgIpc) is 2.94. The van der Waals surface area contributed by atoms with Crippen LogP contribution in [0.25, 0.3) is 0 Å². The largest absolute Gasteiger partial charge is 0.490 e. The molecule has 0 aromatic heterocycles. The predicted octanol–water partition coefficient (Wildman–Crippen LogP) is 9.01. The van der Waals surface area contributed by atoms with Crippen LogP contribution in [0.1, 0.15) is 108 Å². The first-order valence-electron chi connectivity index (χ1n) is 14.5. The first-order chi connectivity index (χ1) is 18.5. The molecule has 0 radical (unpaired) electrons. The third kappa shape index (κ3) is 9.46. The zero-order chi connectivity index (χ0) is 27.2. The lowest BCUT2D eigenvalue weighted by Gasteiger charge is -2.27. The lowest BCUT2D eigenvalue weighted by molar-refractivity contribution is -0.140. The van der Waals surface area contributed by atoms with E-state index in [9.17, 15) is 13.6 Å². The predicted molar refractivity (Wildman–Crippen MR) is 148 cm³/mol. The van der Waals surface area contributed by atoms with Gasteiger partial charge in [0.15, 0.2) is 11.6 Å².